The molecule has 1 aliphatic carbocycles. The molecule has 2 atom stereocenters. The number of rotatable bonds is 3. The molecule has 0 saturated carbocycles. The normalized spacial score (nSPS) is 24.0. The van der Waals surface area contributed by atoms with Crippen LogP contribution in [0.3, 0.4) is 0 Å². The smallest absolute Gasteiger partial charge is 0.361 e. The van der Waals surface area contributed by atoms with Gasteiger partial charge >= 0.3 is 18.0 Å². The molecule has 3 aliphatic rings. The van der Waals surface area contributed by atoms with Crippen molar-refractivity contribution in [2.75, 3.05) is 25.0 Å². The van der Waals surface area contributed by atoms with Gasteiger partial charge < -0.3 is 4.90 Å². The summed E-state index contributed by atoms with van der Waals surface area (Å²) in [7, 11) is 1.85. The molecule has 156 valence electrons. The number of allylic oxidation sites excluding steroid dienone is 3. The van der Waals surface area contributed by atoms with Crippen LogP contribution >= 0.6 is 0 Å². The van der Waals surface area contributed by atoms with Gasteiger partial charge in [0.25, 0.3) is 5.82 Å². The van der Waals surface area contributed by atoms with E-state index in [1.165, 1.54) is 27.8 Å². The molecule has 0 saturated heterocycles. The van der Waals surface area contributed by atoms with Crippen LogP contribution in [0.1, 0.15) is 11.2 Å². The molecule has 2 unspecified atom stereocenters. The van der Waals surface area contributed by atoms with E-state index in [-0.39, 0.29) is 18.5 Å². The third kappa shape index (κ3) is 3.67. The number of halogens is 3. The van der Waals surface area contributed by atoms with Crippen molar-refractivity contribution in [1.29, 1.82) is 0 Å². The third-order valence-electron chi connectivity index (χ3n) is 5.29. The number of carbonyl (C=O) groups excluding carboxylic acids is 2. The lowest BCUT2D eigenvalue weighted by atomic mass is 9.86. The minimum atomic E-state index is -4.43. The van der Waals surface area contributed by atoms with Crippen molar-refractivity contribution in [3.05, 3.63) is 60.0 Å². The predicted octanol–water partition coefficient (Wildman–Crippen LogP) is 2.50. The van der Waals surface area contributed by atoms with Gasteiger partial charge in [-0.2, -0.15) is 22.6 Å². The zero-order chi connectivity index (χ0) is 21.5. The van der Waals surface area contributed by atoms with Crippen LogP contribution in [0.4, 0.5) is 19.0 Å². The quantitative estimate of drug-likeness (QED) is 0.561. The van der Waals surface area contributed by atoms with Gasteiger partial charge in [-0.15, -0.1) is 0 Å². The van der Waals surface area contributed by atoms with E-state index in [0.29, 0.717) is 12.4 Å². The number of hydrogen-bond acceptors (Lipinski definition) is 4. The van der Waals surface area contributed by atoms with Crippen molar-refractivity contribution in [2.45, 2.75) is 12.6 Å². The van der Waals surface area contributed by atoms with Gasteiger partial charge in [-0.3, -0.25) is 0 Å². The molecule has 0 radical (unpaired) electrons. The van der Waals surface area contributed by atoms with Gasteiger partial charge in [0, 0.05) is 31.4 Å². The van der Waals surface area contributed by atoms with Gasteiger partial charge in [0.2, 0.25) is 0 Å². The van der Waals surface area contributed by atoms with Crippen molar-refractivity contribution in [3.63, 3.8) is 0 Å². The first-order valence-electron chi connectivity index (χ1n) is 9.48. The average molecular weight is 417 g/mol. The van der Waals surface area contributed by atoms with E-state index in [9.17, 15) is 22.8 Å². The number of fused-ring (bicyclic) bond motifs is 1. The zero-order valence-electron chi connectivity index (χ0n) is 16.2. The number of likely N-dealkylation sites (N-methyl/N-ethyl adjacent to an activating group) is 1. The summed E-state index contributed by atoms with van der Waals surface area (Å²) in [6, 6.07) is 5.00. The van der Waals surface area contributed by atoms with E-state index in [1.807, 2.05) is 11.9 Å². The van der Waals surface area contributed by atoms with Crippen LogP contribution in [-0.2, 0) is 4.79 Å². The van der Waals surface area contributed by atoms with Gasteiger partial charge in [-0.25, -0.2) is 14.6 Å². The Morgan fingerprint density at radius 2 is 2.07 bits per heavy atom. The van der Waals surface area contributed by atoms with Gasteiger partial charge in [0.15, 0.2) is 5.92 Å². The van der Waals surface area contributed by atoms with Crippen LogP contribution in [0.5, 0.6) is 0 Å². The Morgan fingerprint density at radius 3 is 2.80 bits per heavy atom. The first-order chi connectivity index (χ1) is 14.3. The molecule has 0 spiro atoms. The van der Waals surface area contributed by atoms with Gasteiger partial charge in [-0.05, 0) is 18.1 Å². The van der Waals surface area contributed by atoms with E-state index in [1.54, 1.807) is 30.7 Å². The minimum Gasteiger partial charge on any atom is -0.361 e. The molecular weight excluding hydrogens is 397 g/mol. The molecule has 1 aromatic heterocycles. The van der Waals surface area contributed by atoms with Crippen LogP contribution in [0, 0.1) is 11.8 Å². The van der Waals surface area contributed by atoms with E-state index in [4.69, 9.17) is 0 Å². The van der Waals surface area contributed by atoms with E-state index in [2.05, 4.69) is 4.99 Å². The summed E-state index contributed by atoms with van der Waals surface area (Å²) in [5, 5.41) is 0. The van der Waals surface area contributed by atoms with Crippen molar-refractivity contribution in [3.8, 4) is 0 Å². The molecule has 6 nitrogen and oxygen atoms in total. The maximum absolute atomic E-state index is 13.4. The summed E-state index contributed by atoms with van der Waals surface area (Å²) in [6.07, 6.45) is 4.04. The molecule has 30 heavy (non-hydrogen) atoms. The van der Waals surface area contributed by atoms with Crippen LogP contribution in [0.2, 0.25) is 0 Å². The molecule has 0 N–H and O–H groups in total. The van der Waals surface area contributed by atoms with Gasteiger partial charge in [0.1, 0.15) is 6.54 Å². The maximum atomic E-state index is 13.4. The number of pyridine rings is 1. The Hall–Kier alpha value is -3.23. The lowest BCUT2D eigenvalue weighted by Gasteiger charge is -2.29. The Bertz CT molecular complexity index is 1010. The van der Waals surface area contributed by atoms with Crippen molar-refractivity contribution >= 4 is 24.0 Å². The summed E-state index contributed by atoms with van der Waals surface area (Å²) in [5.74, 6) is -3.74. The van der Waals surface area contributed by atoms with Gasteiger partial charge in [-0.1, -0.05) is 24.3 Å². The molecular formula is C21H20F3N4O2+. The summed E-state index contributed by atoms with van der Waals surface area (Å²) in [6.45, 7) is 0.742. The van der Waals surface area contributed by atoms with E-state index >= 15 is 0 Å². The first-order valence-corrected chi connectivity index (χ1v) is 9.48. The third-order valence-corrected chi connectivity index (χ3v) is 5.29. The topological polar surface area (TPSA) is 56.9 Å². The van der Waals surface area contributed by atoms with Crippen molar-refractivity contribution in [1.82, 2.24) is 4.90 Å². The average Bonchev–Trinajstić information content (AvgIpc) is 2.71. The number of hydrogen-bond donors (Lipinski definition) is 0. The van der Waals surface area contributed by atoms with Crippen LogP contribution in [-0.4, -0.2) is 49.4 Å². The predicted molar refractivity (Wildman–Crippen MR) is 104 cm³/mol. The van der Waals surface area contributed by atoms with Crippen LogP contribution in [0.25, 0.3) is 0 Å². The zero-order valence-corrected chi connectivity index (χ0v) is 16.2. The van der Waals surface area contributed by atoms with Crippen LogP contribution in [0.15, 0.2) is 65.0 Å². The SMILES string of the molecule is CN1C=NC=C(CN2C(=O)C(C3=CC(C(F)(F)F)CC=C3)C(=O)[n+]3ccccc32)C1. The summed E-state index contributed by atoms with van der Waals surface area (Å²) >= 11 is 0. The number of anilines is 1. The number of alkyl halides is 3. The fourth-order valence-corrected chi connectivity index (χ4v) is 3.87. The Labute approximate surface area is 171 Å². The standard InChI is InChI=1S/C21H20F3N4O2/c1-26-11-14(10-25-13-26)12-28-17-7-2-3-8-27(17)19(29)18(20(28)30)15-5-4-6-16(9-15)21(22,23)24/h2-5,7-10,13,16,18H,6,11-12H2,1H3/q+1. The van der Waals surface area contributed by atoms with Crippen molar-refractivity contribution < 1.29 is 27.3 Å². The highest BCUT2D eigenvalue weighted by molar-refractivity contribution is 6.10. The summed E-state index contributed by atoms with van der Waals surface area (Å²) in [5.41, 5.74) is 0.927. The molecule has 0 aromatic carbocycles. The molecule has 0 fully saturated rings. The Kier molecular flexibility index (Phi) is 5.05. The first kappa shape index (κ1) is 20.1. The molecule has 9 heteroatoms. The number of carbonyl (C=O) groups is 2. The molecule has 2 aliphatic heterocycles. The largest absolute Gasteiger partial charge is 0.395 e. The van der Waals surface area contributed by atoms with Gasteiger partial charge in [0.05, 0.1) is 18.5 Å². The fraction of sp³-hybridized carbons (Fsp3) is 0.333. The maximum Gasteiger partial charge on any atom is 0.395 e. The number of nitrogens with zero attached hydrogens (tertiary/aromatic N) is 4. The fourth-order valence-electron chi connectivity index (χ4n) is 3.87. The Balaban J connectivity index is 1.73. The highest BCUT2D eigenvalue weighted by atomic mass is 19.4. The Morgan fingerprint density at radius 1 is 1.27 bits per heavy atom. The van der Waals surface area contributed by atoms with Crippen LogP contribution < -0.4 is 9.47 Å². The van der Waals surface area contributed by atoms with Crippen molar-refractivity contribution in [2.24, 2.45) is 16.8 Å². The highest BCUT2D eigenvalue weighted by Crippen LogP contribution is 2.36. The molecule has 1 amide bonds. The summed E-state index contributed by atoms with van der Waals surface area (Å²) in [4.78, 5) is 33.9. The molecule has 0 bridgehead atoms. The van der Waals surface area contributed by atoms with E-state index < -0.39 is 29.8 Å². The van der Waals surface area contributed by atoms with E-state index in [0.717, 1.165) is 11.6 Å². The lowest BCUT2D eigenvalue weighted by molar-refractivity contribution is -0.564. The second-order valence-electron chi connectivity index (χ2n) is 7.54. The molecule has 3 heterocycles. The number of aromatic nitrogens is 1. The summed E-state index contributed by atoms with van der Waals surface area (Å²) < 4.78 is 41.1. The number of aliphatic imine (C=N–C) groups is 1. The molecule has 1 aromatic rings. The minimum absolute atomic E-state index is 0.0818. The monoisotopic (exact) mass is 417 g/mol. The second kappa shape index (κ2) is 7.55. The molecule has 4 rings (SSSR count). The second-order valence-corrected chi connectivity index (χ2v) is 7.54. The number of amides is 1. The highest BCUT2D eigenvalue weighted by Gasteiger charge is 2.49. The lowest BCUT2D eigenvalue weighted by Crippen LogP contribution is -2.62.